The first kappa shape index (κ1) is 42.1. The molecule has 0 spiro atoms. The van der Waals surface area contributed by atoms with Crippen LogP contribution in [0.4, 0.5) is 0 Å². The van der Waals surface area contributed by atoms with Crippen molar-refractivity contribution in [2.75, 3.05) is 0 Å². The number of rotatable bonds is 7. The van der Waals surface area contributed by atoms with Crippen LogP contribution in [0.15, 0.2) is 78.4 Å². The topological polar surface area (TPSA) is 0 Å². The predicted octanol–water partition coefficient (Wildman–Crippen LogP) is 12.7. The van der Waals surface area contributed by atoms with E-state index >= 15 is 0 Å². The van der Waals surface area contributed by atoms with Gasteiger partial charge in [-0.2, -0.15) is 0 Å². The van der Waals surface area contributed by atoms with Crippen molar-refractivity contribution in [1.29, 1.82) is 0 Å². The van der Waals surface area contributed by atoms with E-state index in [1.807, 2.05) is 0 Å². The van der Waals surface area contributed by atoms with Gasteiger partial charge in [-0.15, -0.1) is 0 Å². The highest BCUT2D eigenvalue weighted by molar-refractivity contribution is 7.16. The smallest absolute Gasteiger partial charge is 0.0750 e. The zero-order valence-electron chi connectivity index (χ0n) is 37.0. The van der Waals surface area contributed by atoms with Crippen LogP contribution in [0.3, 0.4) is 0 Å². The molecule has 1 radical (unpaired) electrons. The molecule has 0 saturated carbocycles. The average molecular weight is 716 g/mol. The first-order valence-electron chi connectivity index (χ1n) is 20.3. The van der Waals surface area contributed by atoms with Gasteiger partial charge in [0.25, 0.3) is 0 Å². The first-order chi connectivity index (χ1) is 23.5. The van der Waals surface area contributed by atoms with Crippen molar-refractivity contribution >= 4 is 23.6 Å². The summed E-state index contributed by atoms with van der Waals surface area (Å²) < 4.78 is 0. The van der Waals surface area contributed by atoms with Gasteiger partial charge in [0.15, 0.2) is 8.07 Å². The van der Waals surface area contributed by atoms with E-state index in [4.69, 9.17) is 0 Å². The summed E-state index contributed by atoms with van der Waals surface area (Å²) in [6, 6.07) is 23.5. The van der Waals surface area contributed by atoms with Crippen molar-refractivity contribution < 1.29 is 0 Å². The third-order valence-electron chi connectivity index (χ3n) is 11.4. The van der Waals surface area contributed by atoms with Gasteiger partial charge in [-0.25, -0.2) is 0 Å². The Morgan fingerprint density at radius 3 is 0.904 bits per heavy atom. The molecule has 4 rings (SSSR count). The molecule has 283 valence electrons. The maximum absolute atomic E-state index is 3.00. The van der Waals surface area contributed by atoms with E-state index in [1.165, 1.54) is 67.4 Å². The molecular formula is C51H75Si. The van der Waals surface area contributed by atoms with Crippen LogP contribution in [-0.4, -0.2) is 8.07 Å². The van der Waals surface area contributed by atoms with Gasteiger partial charge in [0, 0.05) is 5.54 Å². The molecule has 0 heterocycles. The summed E-state index contributed by atoms with van der Waals surface area (Å²) in [5, 5.41) is 4.56. The minimum absolute atomic E-state index is 0.000861. The van der Waals surface area contributed by atoms with E-state index in [0.29, 0.717) is 0 Å². The molecule has 0 saturated heterocycles. The molecule has 52 heavy (non-hydrogen) atoms. The SMILES string of the molecule is CCCCC1=CC=C[C]1[Si](c1cc(C(C)(C)C)cc(C(C)(C)C)c1)(c1cc(C(C)(C)C)cc(C(C)(C)C)c1)c1cc(C(C)(C)C)cc(C(C)(C)C)c1. The molecule has 0 aromatic heterocycles. The summed E-state index contributed by atoms with van der Waals surface area (Å²) in [4.78, 5) is 0. The zero-order valence-corrected chi connectivity index (χ0v) is 38.0. The summed E-state index contributed by atoms with van der Waals surface area (Å²) in [6.45, 7) is 45.5. The maximum atomic E-state index is 2.65. The van der Waals surface area contributed by atoms with Crippen LogP contribution < -0.4 is 15.6 Å². The van der Waals surface area contributed by atoms with E-state index in [1.54, 1.807) is 5.54 Å². The molecule has 0 atom stereocenters. The lowest BCUT2D eigenvalue weighted by Gasteiger charge is -2.43. The molecule has 0 unspecified atom stereocenters. The molecule has 0 aliphatic heterocycles. The molecule has 0 bridgehead atoms. The Bertz CT molecular complexity index is 1520. The quantitative estimate of drug-likeness (QED) is 0.169. The van der Waals surface area contributed by atoms with Crippen LogP contribution in [0, 0.1) is 5.54 Å². The maximum Gasteiger partial charge on any atom is 0.163 e. The molecule has 1 aliphatic carbocycles. The number of unbranched alkanes of at least 4 members (excludes halogenated alkanes) is 1. The molecule has 0 N–H and O–H groups in total. The predicted molar refractivity (Wildman–Crippen MR) is 236 cm³/mol. The van der Waals surface area contributed by atoms with Crippen LogP contribution in [0.1, 0.15) is 184 Å². The van der Waals surface area contributed by atoms with Crippen LogP contribution in [-0.2, 0) is 32.5 Å². The van der Waals surface area contributed by atoms with Gasteiger partial charge in [0.05, 0.1) is 0 Å². The van der Waals surface area contributed by atoms with Gasteiger partial charge in [-0.1, -0.05) is 216 Å². The lowest BCUT2D eigenvalue weighted by atomic mass is 9.80. The molecule has 0 nitrogen and oxygen atoms in total. The standard InChI is InChI=1S/C51H75Si/c1-20-21-23-35-24-22-25-45(35)52(42-29-36(46(2,3)4)26-37(30-42)47(5,6)7,43-31-38(48(8,9)10)27-39(32-43)49(11,12)13)44-33-40(50(14,15)16)28-41(34-44)51(17,18)19/h22,24-34H,20-21,23H2,1-19H3. The lowest BCUT2D eigenvalue weighted by molar-refractivity contribution is 0.569. The third kappa shape index (κ3) is 8.83. The third-order valence-corrected chi connectivity index (χ3v) is 16.2. The van der Waals surface area contributed by atoms with E-state index in [2.05, 4.69) is 204 Å². The van der Waals surface area contributed by atoms with Crippen molar-refractivity contribution in [2.45, 2.75) is 183 Å². The van der Waals surface area contributed by atoms with Crippen LogP contribution >= 0.6 is 0 Å². The highest BCUT2D eigenvalue weighted by Gasteiger charge is 2.50. The van der Waals surface area contributed by atoms with Gasteiger partial charge in [-0.05, 0) is 94.3 Å². The second-order valence-corrected chi connectivity index (χ2v) is 26.0. The number of allylic oxidation sites excluding steroid dienone is 4. The van der Waals surface area contributed by atoms with Crippen molar-refractivity contribution in [3.63, 3.8) is 0 Å². The van der Waals surface area contributed by atoms with Gasteiger partial charge in [0.2, 0.25) is 0 Å². The largest absolute Gasteiger partial charge is 0.163 e. The van der Waals surface area contributed by atoms with Crippen molar-refractivity contribution in [2.24, 2.45) is 0 Å². The van der Waals surface area contributed by atoms with Gasteiger partial charge < -0.3 is 0 Å². The van der Waals surface area contributed by atoms with Crippen LogP contribution in [0.5, 0.6) is 0 Å². The summed E-state index contributed by atoms with van der Waals surface area (Å²) in [5.41, 5.74) is 11.7. The Hall–Kier alpha value is -2.64. The molecule has 1 heteroatoms. The number of hydrogen-bond acceptors (Lipinski definition) is 0. The normalized spacial score (nSPS) is 15.4. The molecule has 3 aromatic rings. The second kappa shape index (κ2) is 14.2. The highest BCUT2D eigenvalue weighted by Crippen LogP contribution is 2.40. The van der Waals surface area contributed by atoms with Gasteiger partial charge >= 0.3 is 0 Å². The Labute approximate surface area is 323 Å². The molecule has 1 aliphatic rings. The summed E-state index contributed by atoms with van der Waals surface area (Å²) in [6.07, 6.45) is 10.9. The van der Waals surface area contributed by atoms with Crippen molar-refractivity contribution in [3.05, 3.63) is 117 Å². The number of benzene rings is 3. The zero-order chi connectivity index (χ0) is 39.5. The van der Waals surface area contributed by atoms with E-state index in [9.17, 15) is 0 Å². The minimum Gasteiger partial charge on any atom is -0.0750 e. The fraction of sp³-hybridized carbons (Fsp3) is 0.549. The van der Waals surface area contributed by atoms with E-state index in [-0.39, 0.29) is 32.5 Å². The second-order valence-electron chi connectivity index (χ2n) is 22.2. The van der Waals surface area contributed by atoms with Crippen LogP contribution in [0.2, 0.25) is 0 Å². The Kier molecular flexibility index (Phi) is 11.5. The summed E-state index contributed by atoms with van der Waals surface area (Å²) in [7, 11) is -3.00. The van der Waals surface area contributed by atoms with Crippen molar-refractivity contribution in [3.8, 4) is 0 Å². The van der Waals surface area contributed by atoms with Gasteiger partial charge in [-0.3, -0.25) is 0 Å². The number of hydrogen-bond donors (Lipinski definition) is 0. The summed E-state index contributed by atoms with van der Waals surface area (Å²) >= 11 is 0. The minimum atomic E-state index is -3.00. The highest BCUT2D eigenvalue weighted by atomic mass is 28.3. The van der Waals surface area contributed by atoms with E-state index < -0.39 is 8.07 Å². The summed E-state index contributed by atoms with van der Waals surface area (Å²) in [5.74, 6) is 0. The average Bonchev–Trinajstić information content (AvgIpc) is 3.46. The molecule has 0 amide bonds. The van der Waals surface area contributed by atoms with E-state index in [0.717, 1.165) is 6.42 Å². The Morgan fingerprint density at radius 2 is 0.673 bits per heavy atom. The molecular weight excluding hydrogens is 641 g/mol. The van der Waals surface area contributed by atoms with Crippen LogP contribution in [0.25, 0.3) is 0 Å². The molecule has 0 fully saturated rings. The fourth-order valence-corrected chi connectivity index (χ4v) is 12.7. The van der Waals surface area contributed by atoms with Crippen molar-refractivity contribution in [1.82, 2.24) is 0 Å². The Morgan fingerprint density at radius 1 is 0.404 bits per heavy atom. The van der Waals surface area contributed by atoms with Gasteiger partial charge in [0.1, 0.15) is 0 Å². The lowest BCUT2D eigenvalue weighted by Crippen LogP contribution is -2.71. The first-order valence-corrected chi connectivity index (χ1v) is 22.3. The Balaban J connectivity index is 2.45. The fourth-order valence-electron chi connectivity index (χ4n) is 7.51. The molecule has 3 aromatic carbocycles. The monoisotopic (exact) mass is 716 g/mol.